The van der Waals surface area contributed by atoms with E-state index in [1.807, 2.05) is 90.4 Å². The van der Waals surface area contributed by atoms with Crippen LogP contribution in [0, 0.1) is 0 Å². The van der Waals surface area contributed by atoms with Gasteiger partial charge in [-0.15, -0.1) is 0 Å². The van der Waals surface area contributed by atoms with Crippen LogP contribution in [-0.4, -0.2) is 57.7 Å². The van der Waals surface area contributed by atoms with E-state index in [0.717, 1.165) is 22.5 Å². The first-order chi connectivity index (χ1) is 14.5. The van der Waals surface area contributed by atoms with Gasteiger partial charge in [0.2, 0.25) is 5.91 Å². The minimum absolute atomic E-state index is 0.191. The van der Waals surface area contributed by atoms with E-state index in [2.05, 4.69) is 5.32 Å². The van der Waals surface area contributed by atoms with E-state index in [9.17, 15) is 9.59 Å². The van der Waals surface area contributed by atoms with Crippen molar-refractivity contribution in [1.82, 2.24) is 24.9 Å². The largest absolute Gasteiger partial charge is 0.336 e. The third kappa shape index (κ3) is 3.97. The van der Waals surface area contributed by atoms with Crippen LogP contribution in [0.5, 0.6) is 0 Å². The van der Waals surface area contributed by atoms with Crippen molar-refractivity contribution in [2.24, 2.45) is 0 Å². The van der Waals surface area contributed by atoms with Gasteiger partial charge in [0, 0.05) is 37.0 Å². The topological polar surface area (TPSA) is 70.5 Å². The van der Waals surface area contributed by atoms with Gasteiger partial charge in [-0.25, -0.2) is 9.48 Å². The van der Waals surface area contributed by atoms with E-state index >= 15 is 0 Å². The molecule has 2 aromatic carbocycles. The summed E-state index contributed by atoms with van der Waals surface area (Å²) in [6, 6.07) is 19.2. The molecule has 1 aliphatic heterocycles. The number of nitrogens with one attached hydrogen (secondary N) is 1. The molecule has 154 valence electrons. The van der Waals surface area contributed by atoms with Crippen LogP contribution in [0.1, 0.15) is 12.5 Å². The maximum Gasteiger partial charge on any atom is 0.324 e. The lowest BCUT2D eigenvalue weighted by Gasteiger charge is -2.26. The normalized spacial score (nSPS) is 14.8. The molecule has 7 nitrogen and oxygen atoms in total. The monoisotopic (exact) mass is 403 g/mol. The van der Waals surface area contributed by atoms with Gasteiger partial charge in [0.05, 0.1) is 17.4 Å². The van der Waals surface area contributed by atoms with Gasteiger partial charge in [-0.1, -0.05) is 48.5 Å². The molecule has 0 unspecified atom stereocenters. The minimum atomic E-state index is -0.433. The highest BCUT2D eigenvalue weighted by molar-refractivity contribution is 5.98. The second kappa shape index (κ2) is 8.51. The summed E-state index contributed by atoms with van der Waals surface area (Å²) < 4.78 is 1.87. The predicted octanol–water partition coefficient (Wildman–Crippen LogP) is 2.91. The van der Waals surface area contributed by atoms with Gasteiger partial charge in [-0.05, 0) is 26.1 Å². The van der Waals surface area contributed by atoms with E-state index in [-0.39, 0.29) is 11.9 Å². The number of carbonyl (C=O) groups excluding carboxylic acids is 2. The smallest absolute Gasteiger partial charge is 0.324 e. The number of carbonyl (C=O) groups is 2. The summed E-state index contributed by atoms with van der Waals surface area (Å²) >= 11 is 0. The molecule has 1 aliphatic rings. The summed E-state index contributed by atoms with van der Waals surface area (Å²) in [6.07, 6.45) is 2.01. The second-order valence-electron chi connectivity index (χ2n) is 7.46. The molecule has 0 aliphatic carbocycles. The molecule has 30 heavy (non-hydrogen) atoms. The van der Waals surface area contributed by atoms with E-state index in [4.69, 9.17) is 5.10 Å². The predicted molar refractivity (Wildman–Crippen MR) is 115 cm³/mol. The fourth-order valence-electron chi connectivity index (χ4n) is 3.58. The lowest BCUT2D eigenvalue weighted by atomic mass is 10.1. The van der Waals surface area contributed by atoms with Crippen LogP contribution in [0.4, 0.5) is 4.79 Å². The molecule has 4 rings (SSSR count). The molecule has 0 radical (unpaired) electrons. The number of likely N-dealkylation sites (N-methyl/N-ethyl adjacent to an activating group) is 1. The molecule has 7 heteroatoms. The molecular weight excluding hydrogens is 378 g/mol. The number of aromatic nitrogens is 2. The highest BCUT2D eigenvalue weighted by atomic mass is 16.2. The summed E-state index contributed by atoms with van der Waals surface area (Å²) in [7, 11) is 1.89. The number of hydrogen-bond acceptors (Lipinski definition) is 4. The zero-order valence-corrected chi connectivity index (χ0v) is 17.2. The molecular formula is C23H25N5O2. The van der Waals surface area contributed by atoms with Gasteiger partial charge in [-0.3, -0.25) is 14.6 Å². The van der Waals surface area contributed by atoms with Gasteiger partial charge in [0.1, 0.15) is 0 Å². The number of amides is 3. The molecule has 0 saturated carbocycles. The second-order valence-corrected chi connectivity index (χ2v) is 7.46. The summed E-state index contributed by atoms with van der Waals surface area (Å²) in [5.41, 5.74) is 3.89. The van der Waals surface area contributed by atoms with Crippen LogP contribution in [0.3, 0.4) is 0 Å². The van der Waals surface area contributed by atoms with Crippen LogP contribution in [0.25, 0.3) is 16.9 Å². The maximum atomic E-state index is 12.8. The third-order valence-electron chi connectivity index (χ3n) is 5.42. The summed E-state index contributed by atoms with van der Waals surface area (Å²) in [5, 5.41) is 7.51. The third-order valence-corrected chi connectivity index (χ3v) is 5.42. The zero-order valence-electron chi connectivity index (χ0n) is 17.2. The average Bonchev–Trinajstić information content (AvgIpc) is 3.40. The standard InChI is InChI=1S/C23H25N5O2/c1-17(22(29)27-14-13-24-23(27)30)26(2)15-19-16-28(20-11-7-4-8-12-20)25-21(19)18-9-5-3-6-10-18/h3-12,16-17H,13-15H2,1-2H3,(H,24,30)/t17-/m0/s1. The van der Waals surface area contributed by atoms with Crippen molar-refractivity contribution < 1.29 is 9.59 Å². The number of benzene rings is 2. The summed E-state index contributed by atoms with van der Waals surface area (Å²) in [4.78, 5) is 27.9. The maximum absolute atomic E-state index is 12.8. The lowest BCUT2D eigenvalue weighted by Crippen LogP contribution is -2.46. The van der Waals surface area contributed by atoms with Gasteiger partial charge >= 0.3 is 6.03 Å². The SMILES string of the molecule is C[C@@H](C(=O)N1CCNC1=O)N(C)Cc1cn(-c2ccccc2)nc1-c1ccccc1. The number of nitrogens with zero attached hydrogens (tertiary/aromatic N) is 4. The highest BCUT2D eigenvalue weighted by Gasteiger charge is 2.31. The Morgan fingerprint density at radius 3 is 2.43 bits per heavy atom. The Morgan fingerprint density at radius 2 is 1.80 bits per heavy atom. The zero-order chi connectivity index (χ0) is 21.1. The van der Waals surface area contributed by atoms with E-state index in [0.29, 0.717) is 19.6 Å². The fourth-order valence-corrected chi connectivity index (χ4v) is 3.58. The first-order valence-corrected chi connectivity index (χ1v) is 10.0. The first kappa shape index (κ1) is 19.8. The van der Waals surface area contributed by atoms with Crippen LogP contribution >= 0.6 is 0 Å². The van der Waals surface area contributed by atoms with Crippen LogP contribution in [0.15, 0.2) is 66.9 Å². The summed E-state index contributed by atoms with van der Waals surface area (Å²) in [5.74, 6) is -0.191. The molecule has 0 bridgehead atoms. The Morgan fingerprint density at radius 1 is 1.13 bits per heavy atom. The van der Waals surface area contributed by atoms with Crippen molar-refractivity contribution in [3.05, 3.63) is 72.4 Å². The Kier molecular flexibility index (Phi) is 5.63. The van der Waals surface area contributed by atoms with Gasteiger partial charge in [0.25, 0.3) is 0 Å². The Bertz CT molecular complexity index is 1030. The fraction of sp³-hybridized carbons (Fsp3) is 0.261. The van der Waals surface area contributed by atoms with Crippen LogP contribution in [0.2, 0.25) is 0 Å². The van der Waals surface area contributed by atoms with Crippen LogP contribution < -0.4 is 5.32 Å². The molecule has 1 atom stereocenters. The summed E-state index contributed by atoms with van der Waals surface area (Å²) in [6.45, 7) is 3.28. The van der Waals surface area contributed by atoms with Crippen molar-refractivity contribution in [3.63, 3.8) is 0 Å². The molecule has 3 aromatic rings. The number of hydrogen-bond donors (Lipinski definition) is 1. The van der Waals surface area contributed by atoms with Gasteiger partial charge < -0.3 is 5.32 Å². The molecule has 1 fully saturated rings. The molecule has 1 saturated heterocycles. The average molecular weight is 403 g/mol. The number of rotatable bonds is 6. The highest BCUT2D eigenvalue weighted by Crippen LogP contribution is 2.25. The number of imide groups is 1. The van der Waals surface area contributed by atoms with Crippen molar-refractivity contribution >= 4 is 11.9 Å². The van der Waals surface area contributed by atoms with E-state index in [1.54, 1.807) is 0 Å². The Balaban J connectivity index is 1.61. The molecule has 0 spiro atoms. The lowest BCUT2D eigenvalue weighted by molar-refractivity contribution is -0.132. The minimum Gasteiger partial charge on any atom is -0.336 e. The molecule has 2 heterocycles. The van der Waals surface area contributed by atoms with Crippen LogP contribution in [-0.2, 0) is 11.3 Å². The Labute approximate surface area is 175 Å². The van der Waals surface area contributed by atoms with Crippen molar-refractivity contribution in [2.75, 3.05) is 20.1 Å². The molecule has 3 amide bonds. The van der Waals surface area contributed by atoms with Gasteiger partial charge in [-0.2, -0.15) is 5.10 Å². The van der Waals surface area contributed by atoms with Gasteiger partial charge in [0.15, 0.2) is 0 Å². The molecule has 1 aromatic heterocycles. The van der Waals surface area contributed by atoms with E-state index < -0.39 is 6.04 Å². The van der Waals surface area contributed by atoms with Crippen molar-refractivity contribution in [3.8, 4) is 16.9 Å². The van der Waals surface area contributed by atoms with Crippen molar-refractivity contribution in [2.45, 2.75) is 19.5 Å². The van der Waals surface area contributed by atoms with Crippen molar-refractivity contribution in [1.29, 1.82) is 0 Å². The first-order valence-electron chi connectivity index (χ1n) is 10.0. The quantitative estimate of drug-likeness (QED) is 0.687. The molecule has 1 N–H and O–H groups in total. The number of para-hydroxylation sites is 1. The Hall–Kier alpha value is -3.45. The number of urea groups is 1. The van der Waals surface area contributed by atoms with E-state index in [1.165, 1.54) is 4.90 Å².